The topological polar surface area (TPSA) is 55.2 Å². The molecule has 1 N–H and O–H groups in total. The van der Waals surface area contributed by atoms with Crippen molar-refractivity contribution >= 4 is 27.0 Å². The Kier molecular flexibility index (Phi) is 3.26. The van der Waals surface area contributed by atoms with E-state index in [0.29, 0.717) is 11.7 Å². The van der Waals surface area contributed by atoms with Crippen molar-refractivity contribution in [1.29, 1.82) is 0 Å². The number of fused-ring (bicyclic) bond motifs is 1. The van der Waals surface area contributed by atoms with E-state index in [0.717, 1.165) is 36.9 Å². The van der Waals surface area contributed by atoms with Crippen molar-refractivity contribution in [3.8, 4) is 0 Å². The number of alkyl halides is 1. The lowest BCUT2D eigenvalue weighted by atomic mass is 10.0. The summed E-state index contributed by atoms with van der Waals surface area (Å²) in [6, 6.07) is 5.78. The molecule has 96 valence electrons. The number of rotatable bonds is 3. The minimum absolute atomic E-state index is 0.227. The Bertz CT molecular complexity index is 598. The zero-order valence-electron chi connectivity index (χ0n) is 9.82. The van der Waals surface area contributed by atoms with Gasteiger partial charge in [0.25, 0.3) is 0 Å². The average Bonchev–Trinajstić information content (AvgIpc) is 2.95. The van der Waals surface area contributed by atoms with Gasteiger partial charge in [0.1, 0.15) is 0 Å². The normalized spacial score (nSPS) is 21.5. The zero-order valence-corrected chi connectivity index (χ0v) is 11.4. The lowest BCUT2D eigenvalue weighted by Crippen LogP contribution is -2.07. The third-order valence-electron chi connectivity index (χ3n) is 3.30. The molecule has 2 aromatic rings. The number of nitrogens with one attached hydrogen (secondary N) is 1. The summed E-state index contributed by atoms with van der Waals surface area (Å²) < 4.78 is 10.7. The Labute approximate surface area is 112 Å². The van der Waals surface area contributed by atoms with Crippen LogP contribution in [-0.2, 0) is 4.74 Å². The van der Waals surface area contributed by atoms with Crippen LogP contribution in [0.15, 0.2) is 27.4 Å². The van der Waals surface area contributed by atoms with Crippen molar-refractivity contribution in [2.75, 3.05) is 6.61 Å². The Balaban J connectivity index is 1.81. The number of aromatic nitrogens is 1. The van der Waals surface area contributed by atoms with Gasteiger partial charge in [-0.1, -0.05) is 22.0 Å². The van der Waals surface area contributed by atoms with Crippen molar-refractivity contribution in [2.24, 2.45) is 0 Å². The number of ether oxygens (including phenoxy) is 1. The highest BCUT2D eigenvalue weighted by atomic mass is 79.9. The molecule has 1 fully saturated rings. The SMILES string of the molecule is O=c1[nH]c2ccc(C(Br)CC3CCCO3)cc2o1. The van der Waals surface area contributed by atoms with Crippen molar-refractivity contribution in [3.63, 3.8) is 0 Å². The maximum Gasteiger partial charge on any atom is 0.417 e. The van der Waals surface area contributed by atoms with Gasteiger partial charge < -0.3 is 9.15 Å². The van der Waals surface area contributed by atoms with E-state index < -0.39 is 5.76 Å². The number of oxazole rings is 1. The predicted octanol–water partition coefficient (Wildman–Crippen LogP) is 3.13. The largest absolute Gasteiger partial charge is 0.417 e. The van der Waals surface area contributed by atoms with Gasteiger partial charge in [-0.05, 0) is 37.0 Å². The van der Waals surface area contributed by atoms with E-state index in [2.05, 4.69) is 20.9 Å². The predicted molar refractivity (Wildman–Crippen MR) is 72.1 cm³/mol. The lowest BCUT2D eigenvalue weighted by molar-refractivity contribution is 0.104. The van der Waals surface area contributed by atoms with E-state index in [1.807, 2.05) is 18.2 Å². The fourth-order valence-corrected chi connectivity index (χ4v) is 3.06. The third kappa shape index (κ3) is 2.37. The first-order valence-corrected chi connectivity index (χ1v) is 7.02. The first-order valence-electron chi connectivity index (χ1n) is 6.11. The first kappa shape index (κ1) is 12.0. The summed E-state index contributed by atoms with van der Waals surface area (Å²) in [5.74, 6) is -0.410. The molecule has 1 aliphatic heterocycles. The van der Waals surface area contributed by atoms with Gasteiger partial charge in [-0.2, -0.15) is 0 Å². The molecule has 4 nitrogen and oxygen atoms in total. The van der Waals surface area contributed by atoms with Crippen molar-refractivity contribution in [3.05, 3.63) is 34.3 Å². The molecule has 0 amide bonds. The van der Waals surface area contributed by atoms with Crippen LogP contribution in [0.2, 0.25) is 0 Å². The molecule has 1 saturated heterocycles. The maximum absolute atomic E-state index is 11.1. The monoisotopic (exact) mass is 311 g/mol. The molecule has 1 aromatic carbocycles. The molecule has 5 heteroatoms. The van der Waals surface area contributed by atoms with E-state index in [4.69, 9.17) is 9.15 Å². The highest BCUT2D eigenvalue weighted by Gasteiger charge is 2.20. The Morgan fingerprint density at radius 3 is 3.17 bits per heavy atom. The molecule has 0 bridgehead atoms. The molecule has 0 aliphatic carbocycles. The summed E-state index contributed by atoms with van der Waals surface area (Å²) in [6.07, 6.45) is 3.56. The van der Waals surface area contributed by atoms with E-state index in [-0.39, 0.29) is 4.83 Å². The number of hydrogen-bond acceptors (Lipinski definition) is 3. The molecular weight excluding hydrogens is 298 g/mol. The summed E-state index contributed by atoms with van der Waals surface area (Å²) in [7, 11) is 0. The molecule has 2 unspecified atom stereocenters. The van der Waals surface area contributed by atoms with Gasteiger partial charge in [0.15, 0.2) is 5.58 Å². The van der Waals surface area contributed by atoms with Crippen LogP contribution in [0.3, 0.4) is 0 Å². The molecule has 2 atom stereocenters. The van der Waals surface area contributed by atoms with Crippen LogP contribution in [-0.4, -0.2) is 17.7 Å². The Morgan fingerprint density at radius 1 is 1.50 bits per heavy atom. The van der Waals surface area contributed by atoms with Gasteiger partial charge in [0, 0.05) is 11.4 Å². The fourth-order valence-electron chi connectivity index (χ4n) is 2.35. The number of halogens is 1. The summed E-state index contributed by atoms with van der Waals surface area (Å²) in [5.41, 5.74) is 2.45. The smallest absolute Gasteiger partial charge is 0.408 e. The molecule has 3 rings (SSSR count). The second kappa shape index (κ2) is 4.90. The minimum atomic E-state index is -0.410. The van der Waals surface area contributed by atoms with E-state index in [9.17, 15) is 4.79 Å². The van der Waals surface area contributed by atoms with Crippen LogP contribution in [0.1, 0.15) is 29.7 Å². The third-order valence-corrected chi connectivity index (χ3v) is 4.20. The zero-order chi connectivity index (χ0) is 12.5. The van der Waals surface area contributed by atoms with Gasteiger partial charge in [0.05, 0.1) is 11.6 Å². The van der Waals surface area contributed by atoms with Gasteiger partial charge in [0.2, 0.25) is 0 Å². The fraction of sp³-hybridized carbons (Fsp3) is 0.462. The van der Waals surface area contributed by atoms with Crippen LogP contribution in [0.4, 0.5) is 0 Å². The molecule has 0 saturated carbocycles. The lowest BCUT2D eigenvalue weighted by Gasteiger charge is -2.14. The molecule has 0 spiro atoms. The summed E-state index contributed by atoms with van der Waals surface area (Å²) in [6.45, 7) is 0.871. The molecule has 18 heavy (non-hydrogen) atoms. The number of H-pyrrole nitrogens is 1. The summed E-state index contributed by atoms with van der Waals surface area (Å²) in [5, 5.41) is 0. The van der Waals surface area contributed by atoms with Crippen molar-refractivity contribution < 1.29 is 9.15 Å². The second-order valence-electron chi connectivity index (χ2n) is 4.61. The Hall–Kier alpha value is -1.07. The number of hydrogen-bond donors (Lipinski definition) is 1. The summed E-state index contributed by atoms with van der Waals surface area (Å²) in [4.78, 5) is 14.0. The van der Waals surface area contributed by atoms with Crippen LogP contribution in [0.25, 0.3) is 11.1 Å². The molecule has 1 aliphatic rings. The van der Waals surface area contributed by atoms with E-state index in [1.54, 1.807) is 0 Å². The van der Waals surface area contributed by atoms with Gasteiger partial charge >= 0.3 is 5.76 Å². The van der Waals surface area contributed by atoms with Gasteiger partial charge in [-0.3, -0.25) is 4.98 Å². The molecule has 1 aromatic heterocycles. The average molecular weight is 312 g/mol. The van der Waals surface area contributed by atoms with Crippen LogP contribution in [0, 0.1) is 0 Å². The first-order chi connectivity index (χ1) is 8.72. The van der Waals surface area contributed by atoms with Gasteiger partial charge in [-0.15, -0.1) is 0 Å². The summed E-state index contributed by atoms with van der Waals surface area (Å²) >= 11 is 3.68. The van der Waals surface area contributed by atoms with E-state index in [1.165, 1.54) is 0 Å². The molecule has 2 heterocycles. The maximum atomic E-state index is 11.1. The number of benzene rings is 1. The highest BCUT2D eigenvalue weighted by molar-refractivity contribution is 9.09. The second-order valence-corrected chi connectivity index (χ2v) is 5.71. The molecular formula is C13H14BrNO3. The van der Waals surface area contributed by atoms with Crippen LogP contribution in [0.5, 0.6) is 0 Å². The standard InChI is InChI=1S/C13H14BrNO3/c14-10(7-9-2-1-5-17-9)8-3-4-11-12(6-8)18-13(16)15-11/h3-4,6,9-10H,1-2,5,7H2,(H,15,16). The van der Waals surface area contributed by atoms with E-state index >= 15 is 0 Å². The van der Waals surface area contributed by atoms with Crippen LogP contribution < -0.4 is 5.76 Å². The Morgan fingerprint density at radius 2 is 2.39 bits per heavy atom. The highest BCUT2D eigenvalue weighted by Crippen LogP contribution is 2.32. The van der Waals surface area contributed by atoms with Crippen molar-refractivity contribution in [2.45, 2.75) is 30.2 Å². The van der Waals surface area contributed by atoms with Crippen LogP contribution >= 0.6 is 15.9 Å². The minimum Gasteiger partial charge on any atom is -0.408 e. The van der Waals surface area contributed by atoms with Crippen molar-refractivity contribution in [1.82, 2.24) is 4.98 Å². The van der Waals surface area contributed by atoms with Gasteiger partial charge in [-0.25, -0.2) is 4.79 Å². The number of aromatic amines is 1. The quantitative estimate of drug-likeness (QED) is 0.886. The molecule has 0 radical (unpaired) electrons.